The summed E-state index contributed by atoms with van der Waals surface area (Å²) >= 11 is 7.08. The van der Waals surface area contributed by atoms with Gasteiger partial charge in [-0.15, -0.1) is 0 Å². The quantitative estimate of drug-likeness (QED) is 0.0592. The van der Waals surface area contributed by atoms with Crippen LogP contribution in [0.15, 0.2) is 152 Å². The number of imidazole rings is 1. The van der Waals surface area contributed by atoms with E-state index < -0.39 is 52.4 Å². The van der Waals surface area contributed by atoms with Gasteiger partial charge in [-0.05, 0) is 179 Å². The molecule has 0 atom stereocenters. The molecule has 0 amide bonds. The Morgan fingerprint density at radius 2 is 0.743 bits per heavy atom. The van der Waals surface area contributed by atoms with E-state index in [9.17, 15) is 67.9 Å². The summed E-state index contributed by atoms with van der Waals surface area (Å²) in [5.41, 5.74) is 8.98. The molecule has 0 radical (unpaired) electrons. The molecule has 11 rings (SSSR count). The predicted octanol–water partition coefficient (Wildman–Crippen LogP) is 20.9. The fraction of sp³-hybridized carbons (Fsp3) is 0.272. The van der Waals surface area contributed by atoms with Crippen LogP contribution in [0.5, 0.6) is 0 Å². The molecule has 0 bridgehead atoms. The number of fused-ring (bicyclic) bond motifs is 1. The van der Waals surface area contributed by atoms with E-state index in [0.717, 1.165) is 53.2 Å². The SMILES string of the molecule is CC.CC.CC(C)c1cc(CC(=O)c2ccc(Cl)cn2)cc(F)c1F.CC(C)c1cc(CC(=O)c2ccc(F)cn2)cc(F)c1F.Cc1cc(CC(=O)c2cn3ncsc3n2)ccc1F.Cc1ccc(C(=O)Cc2cc(C)c(F)c(F)c2)nc1.Cc1ccc(C(=O)Cc2cc(F)c(F)c(C(C)C)c2)nc1. The monoisotopic (exact) mass is 1490 g/mol. The molecule has 6 heterocycles. The molecular formula is C81H80ClF10N7O5S. The second-order valence-corrected chi connectivity index (χ2v) is 25.7. The summed E-state index contributed by atoms with van der Waals surface area (Å²) in [6.07, 6.45) is 7.22. The lowest BCUT2D eigenvalue weighted by Crippen LogP contribution is -2.08. The zero-order valence-corrected chi connectivity index (χ0v) is 62.0. The number of carbonyl (C=O) groups is 5. The maximum absolute atomic E-state index is 13.7. The molecule has 0 N–H and O–H groups in total. The fourth-order valence-electron chi connectivity index (χ4n) is 9.79. The van der Waals surface area contributed by atoms with Crippen molar-refractivity contribution in [3.63, 3.8) is 0 Å². The summed E-state index contributed by atoms with van der Waals surface area (Å²) in [5, 5.41) is 4.46. The highest BCUT2D eigenvalue weighted by atomic mass is 35.5. The Kier molecular flexibility index (Phi) is 33.1. The van der Waals surface area contributed by atoms with Gasteiger partial charge in [0.15, 0.2) is 75.5 Å². The minimum Gasteiger partial charge on any atom is -0.292 e. The van der Waals surface area contributed by atoms with Crippen molar-refractivity contribution < 1.29 is 67.9 Å². The Bertz CT molecular complexity index is 4450. The highest BCUT2D eigenvalue weighted by Gasteiger charge is 2.21. The molecular weight excluding hydrogens is 1410 g/mol. The number of ketones is 5. The lowest BCUT2D eigenvalue weighted by Gasteiger charge is -2.10. The Morgan fingerprint density at radius 1 is 0.390 bits per heavy atom. The van der Waals surface area contributed by atoms with Crippen LogP contribution < -0.4 is 0 Å². The average Bonchev–Trinajstić information content (AvgIpc) is 1.80. The smallest absolute Gasteiger partial charge is 0.212 e. The molecule has 24 heteroatoms. The van der Waals surface area contributed by atoms with E-state index in [0.29, 0.717) is 54.9 Å². The summed E-state index contributed by atoms with van der Waals surface area (Å²) in [6, 6.07) is 27.2. The van der Waals surface area contributed by atoms with Crippen LogP contribution in [0.1, 0.15) is 206 Å². The summed E-state index contributed by atoms with van der Waals surface area (Å²) < 4.78 is 136. The van der Waals surface area contributed by atoms with Crippen molar-refractivity contribution in [1.82, 2.24) is 34.5 Å². The van der Waals surface area contributed by atoms with Gasteiger partial charge in [0.2, 0.25) is 4.96 Å². The van der Waals surface area contributed by atoms with Crippen LogP contribution in [0.2, 0.25) is 5.02 Å². The molecule has 0 spiro atoms. The minimum absolute atomic E-state index is 0.00693. The van der Waals surface area contributed by atoms with E-state index in [4.69, 9.17) is 11.6 Å². The molecule has 6 aromatic heterocycles. The largest absolute Gasteiger partial charge is 0.292 e. The van der Waals surface area contributed by atoms with Crippen molar-refractivity contribution in [3.8, 4) is 0 Å². The van der Waals surface area contributed by atoms with Crippen LogP contribution >= 0.6 is 22.9 Å². The number of hydrogen-bond donors (Lipinski definition) is 0. The van der Waals surface area contributed by atoms with Gasteiger partial charge in [-0.3, -0.25) is 43.9 Å². The minimum atomic E-state index is -0.976. The third-order valence-corrected chi connectivity index (χ3v) is 16.1. The molecule has 0 saturated heterocycles. The number of nitrogens with zero attached hydrogens (tertiary/aromatic N) is 7. The van der Waals surface area contributed by atoms with Crippen LogP contribution in [0.3, 0.4) is 0 Å². The van der Waals surface area contributed by atoms with E-state index in [1.54, 1.807) is 126 Å². The lowest BCUT2D eigenvalue weighted by molar-refractivity contribution is 0.0980. The molecule has 0 aliphatic carbocycles. The maximum Gasteiger partial charge on any atom is 0.212 e. The second-order valence-electron chi connectivity index (χ2n) is 24.5. The van der Waals surface area contributed by atoms with Crippen molar-refractivity contribution in [2.24, 2.45) is 0 Å². The lowest BCUT2D eigenvalue weighted by atomic mass is 9.97. The van der Waals surface area contributed by atoms with Gasteiger partial charge in [0.25, 0.3) is 0 Å². The molecule has 0 aliphatic heterocycles. The van der Waals surface area contributed by atoms with Crippen LogP contribution in [0, 0.1) is 85.9 Å². The number of Topliss-reactive ketones (excluding diaryl/α,β-unsaturated/α-hetero) is 5. The van der Waals surface area contributed by atoms with Crippen LogP contribution in [0.25, 0.3) is 4.96 Å². The second kappa shape index (κ2) is 40.7. The van der Waals surface area contributed by atoms with Crippen molar-refractivity contribution in [2.75, 3.05) is 0 Å². The first-order valence-electron chi connectivity index (χ1n) is 33.4. The Hall–Kier alpha value is -10.3. The number of aryl methyl sites for hydroxylation is 4. The zero-order valence-electron chi connectivity index (χ0n) is 60.4. The van der Waals surface area contributed by atoms with Gasteiger partial charge in [0.1, 0.15) is 45.6 Å². The van der Waals surface area contributed by atoms with Crippen LogP contribution in [0.4, 0.5) is 43.9 Å². The number of pyridine rings is 4. The van der Waals surface area contributed by atoms with Crippen molar-refractivity contribution in [1.29, 1.82) is 0 Å². The molecule has 0 fully saturated rings. The van der Waals surface area contributed by atoms with Crippen LogP contribution in [-0.4, -0.2) is 63.5 Å². The first-order chi connectivity index (χ1) is 49.7. The van der Waals surface area contributed by atoms with Gasteiger partial charge in [-0.1, -0.05) is 141 Å². The van der Waals surface area contributed by atoms with Crippen molar-refractivity contribution in [3.05, 3.63) is 310 Å². The van der Waals surface area contributed by atoms with Gasteiger partial charge < -0.3 is 0 Å². The van der Waals surface area contributed by atoms with Gasteiger partial charge >= 0.3 is 0 Å². The summed E-state index contributed by atoms with van der Waals surface area (Å²) in [7, 11) is 0. The Morgan fingerprint density at radius 3 is 1.09 bits per heavy atom. The number of aromatic nitrogens is 7. The van der Waals surface area contributed by atoms with Crippen molar-refractivity contribution in [2.45, 2.75) is 147 Å². The molecule has 12 nitrogen and oxygen atoms in total. The van der Waals surface area contributed by atoms with Gasteiger partial charge in [-0.2, -0.15) is 5.10 Å². The molecule has 5 aromatic carbocycles. The topological polar surface area (TPSA) is 167 Å². The van der Waals surface area contributed by atoms with E-state index in [1.165, 1.54) is 60.9 Å². The van der Waals surface area contributed by atoms with Crippen molar-refractivity contribution >= 4 is 56.8 Å². The highest BCUT2D eigenvalue weighted by Crippen LogP contribution is 2.27. The molecule has 552 valence electrons. The highest BCUT2D eigenvalue weighted by molar-refractivity contribution is 7.14. The third-order valence-electron chi connectivity index (χ3n) is 15.2. The molecule has 0 unspecified atom stereocenters. The third kappa shape index (κ3) is 25.3. The maximum atomic E-state index is 13.7. The summed E-state index contributed by atoms with van der Waals surface area (Å²) in [5.74, 6) is -9.69. The number of hydrogen-bond acceptors (Lipinski definition) is 12. The first kappa shape index (κ1) is 85.4. The zero-order chi connectivity index (χ0) is 78.1. The van der Waals surface area contributed by atoms with E-state index in [1.807, 2.05) is 41.5 Å². The molecule has 0 saturated carbocycles. The van der Waals surface area contributed by atoms with Gasteiger partial charge in [0.05, 0.1) is 17.4 Å². The summed E-state index contributed by atoms with van der Waals surface area (Å²) in [4.78, 5) is 80.8. The molecule has 11 aromatic rings. The number of carbonyl (C=O) groups excluding carboxylic acids is 5. The predicted molar refractivity (Wildman–Crippen MR) is 389 cm³/mol. The van der Waals surface area contributed by atoms with E-state index >= 15 is 0 Å². The van der Waals surface area contributed by atoms with Crippen LogP contribution in [-0.2, 0) is 32.1 Å². The number of halogens is 11. The Balaban J connectivity index is 0.000000233. The van der Waals surface area contributed by atoms with E-state index in [-0.39, 0.29) is 118 Å². The fourth-order valence-corrected chi connectivity index (χ4v) is 10.5. The summed E-state index contributed by atoms with van der Waals surface area (Å²) in [6.45, 7) is 25.5. The van der Waals surface area contributed by atoms with E-state index in [2.05, 4.69) is 30.0 Å². The number of rotatable bonds is 18. The number of benzene rings is 5. The normalized spacial score (nSPS) is 10.6. The molecule has 0 aliphatic rings. The Labute approximate surface area is 613 Å². The van der Waals surface area contributed by atoms with Gasteiger partial charge in [-0.25, -0.2) is 53.4 Å². The molecule has 105 heavy (non-hydrogen) atoms. The van der Waals surface area contributed by atoms with Gasteiger partial charge in [0, 0.05) is 50.7 Å². The standard InChI is InChI=1S/C17H17F2NO.C16H14ClF2NO.C16H14F3NO.C15H13F2NO.C13H10FN3OS.2C2H6/c1-10(2)13-6-12(7-14(18)17(13)19)8-16(21)15-5-4-11(3)9-20-15;2*1-9(2)12-5-10(6-13(18)16(12)19)7-15(21)14-4-3-11(17)8-20-14;1-9-3-4-13(18-8-9)14(19)7-11-5-10(2)15(17)12(16)6-11;1-8-4-9(2-3-10(8)14)5-12(18)11-6-17-13(16-11)19-7-15-17;2*1-2/h4-7,9-10H,8H2,1-3H3;2*3-6,8-9H,7H2,1-2H3;3-6,8H,7H2,1-2H3;2-4,6-7H,5H2,1H3;2*1-2H3. The average molecular weight is 1490 g/mol. The first-order valence-corrected chi connectivity index (χ1v) is 34.7.